The lowest BCUT2D eigenvalue weighted by Gasteiger charge is -2.35. The molecule has 1 aliphatic rings. The molecule has 0 N–H and O–H groups in total. The fourth-order valence-electron chi connectivity index (χ4n) is 3.09. The molecule has 1 aromatic heterocycles. The molecule has 7 nitrogen and oxygen atoms in total. The van der Waals surface area contributed by atoms with Crippen molar-refractivity contribution >= 4 is 11.8 Å². The van der Waals surface area contributed by atoms with Crippen LogP contribution in [0.1, 0.15) is 29.7 Å². The van der Waals surface area contributed by atoms with Crippen molar-refractivity contribution in [1.82, 2.24) is 19.6 Å². The Morgan fingerprint density at radius 1 is 1.12 bits per heavy atom. The van der Waals surface area contributed by atoms with Crippen LogP contribution in [0.3, 0.4) is 0 Å². The summed E-state index contributed by atoms with van der Waals surface area (Å²) in [5.41, 5.74) is 0.637. The van der Waals surface area contributed by atoms with Crippen molar-refractivity contribution in [1.29, 1.82) is 0 Å². The van der Waals surface area contributed by atoms with Gasteiger partial charge >= 0.3 is 0 Å². The van der Waals surface area contributed by atoms with E-state index in [2.05, 4.69) is 5.10 Å². The van der Waals surface area contributed by atoms with E-state index >= 15 is 0 Å². The quantitative estimate of drug-likeness (QED) is 0.820. The standard InChI is InChI=1S/C19H24N4O3/c1-15(23-9-3-8-20-23)14-18(24)21-10-12-22(13-11-21)19(25)16-4-6-17(26-2)7-5-16/h3-9,15H,10-14H2,1-2H3/t15-/m0/s1. The summed E-state index contributed by atoms with van der Waals surface area (Å²) in [6, 6.07) is 8.98. The lowest BCUT2D eigenvalue weighted by Crippen LogP contribution is -2.50. The van der Waals surface area contributed by atoms with Crippen molar-refractivity contribution in [3.8, 4) is 5.75 Å². The first-order chi connectivity index (χ1) is 12.6. The maximum absolute atomic E-state index is 12.6. The van der Waals surface area contributed by atoms with Gasteiger partial charge in [0.2, 0.25) is 5.91 Å². The first-order valence-electron chi connectivity index (χ1n) is 8.78. The largest absolute Gasteiger partial charge is 0.497 e. The molecule has 138 valence electrons. The molecular weight excluding hydrogens is 332 g/mol. The van der Waals surface area contributed by atoms with Crippen molar-refractivity contribution in [3.63, 3.8) is 0 Å². The molecule has 0 unspecified atom stereocenters. The first-order valence-corrected chi connectivity index (χ1v) is 8.78. The summed E-state index contributed by atoms with van der Waals surface area (Å²) >= 11 is 0. The predicted octanol–water partition coefficient (Wildman–Crippen LogP) is 1.83. The van der Waals surface area contributed by atoms with Crippen LogP contribution in [0.25, 0.3) is 0 Å². The third kappa shape index (κ3) is 4.04. The summed E-state index contributed by atoms with van der Waals surface area (Å²) in [7, 11) is 1.60. The molecule has 2 amide bonds. The fraction of sp³-hybridized carbons (Fsp3) is 0.421. The summed E-state index contributed by atoms with van der Waals surface area (Å²) in [4.78, 5) is 28.7. The second kappa shape index (κ2) is 8.03. The van der Waals surface area contributed by atoms with Crippen LogP contribution in [-0.2, 0) is 4.79 Å². The van der Waals surface area contributed by atoms with E-state index < -0.39 is 0 Å². The minimum atomic E-state index is -0.00957. The minimum Gasteiger partial charge on any atom is -0.497 e. The molecule has 0 radical (unpaired) electrons. The topological polar surface area (TPSA) is 67.7 Å². The zero-order valence-electron chi connectivity index (χ0n) is 15.2. The van der Waals surface area contributed by atoms with Gasteiger partial charge in [0, 0.05) is 50.6 Å². The molecule has 0 spiro atoms. The molecule has 0 bridgehead atoms. The average molecular weight is 356 g/mol. The number of aromatic nitrogens is 2. The van der Waals surface area contributed by atoms with Gasteiger partial charge in [-0.2, -0.15) is 5.10 Å². The molecular formula is C19H24N4O3. The molecule has 3 rings (SSSR count). The number of benzene rings is 1. The maximum Gasteiger partial charge on any atom is 0.253 e. The van der Waals surface area contributed by atoms with Gasteiger partial charge in [0.1, 0.15) is 5.75 Å². The lowest BCUT2D eigenvalue weighted by molar-refractivity contribution is -0.133. The monoisotopic (exact) mass is 356 g/mol. The Kier molecular flexibility index (Phi) is 5.55. The van der Waals surface area contributed by atoms with Gasteiger partial charge in [-0.05, 0) is 37.3 Å². The highest BCUT2D eigenvalue weighted by atomic mass is 16.5. The van der Waals surface area contributed by atoms with Crippen molar-refractivity contribution in [2.75, 3.05) is 33.3 Å². The maximum atomic E-state index is 12.6. The lowest BCUT2D eigenvalue weighted by atomic mass is 10.1. The highest BCUT2D eigenvalue weighted by Crippen LogP contribution is 2.16. The summed E-state index contributed by atoms with van der Waals surface area (Å²) in [5.74, 6) is 0.817. The SMILES string of the molecule is COc1ccc(C(=O)N2CCN(C(=O)C[C@H](C)n3cccn3)CC2)cc1. The van der Waals surface area contributed by atoms with E-state index in [4.69, 9.17) is 4.74 Å². The van der Waals surface area contributed by atoms with Crippen LogP contribution < -0.4 is 4.74 Å². The smallest absolute Gasteiger partial charge is 0.253 e. The number of piperazine rings is 1. The minimum absolute atomic E-state index is 0.00957. The Balaban J connectivity index is 1.51. The number of amides is 2. The van der Waals surface area contributed by atoms with Gasteiger partial charge < -0.3 is 14.5 Å². The fourth-order valence-corrected chi connectivity index (χ4v) is 3.09. The second-order valence-electron chi connectivity index (χ2n) is 6.44. The van der Waals surface area contributed by atoms with E-state index in [1.165, 1.54) is 0 Å². The average Bonchev–Trinajstić information content (AvgIpc) is 3.22. The first kappa shape index (κ1) is 18.0. The molecule has 1 aliphatic heterocycles. The normalized spacial score (nSPS) is 15.6. The van der Waals surface area contributed by atoms with E-state index in [1.54, 1.807) is 47.2 Å². The van der Waals surface area contributed by atoms with Crippen molar-refractivity contribution in [2.45, 2.75) is 19.4 Å². The Morgan fingerprint density at radius 3 is 2.35 bits per heavy atom. The van der Waals surface area contributed by atoms with E-state index in [0.717, 1.165) is 5.75 Å². The molecule has 1 saturated heterocycles. The highest BCUT2D eigenvalue weighted by Gasteiger charge is 2.25. The highest BCUT2D eigenvalue weighted by molar-refractivity contribution is 5.94. The zero-order chi connectivity index (χ0) is 18.5. The van der Waals surface area contributed by atoms with E-state index in [1.807, 2.05) is 24.1 Å². The summed E-state index contributed by atoms with van der Waals surface area (Å²) in [6.45, 7) is 4.20. The number of hydrogen-bond donors (Lipinski definition) is 0. The second-order valence-corrected chi connectivity index (χ2v) is 6.44. The van der Waals surface area contributed by atoms with Gasteiger partial charge in [-0.25, -0.2) is 0 Å². The van der Waals surface area contributed by atoms with Gasteiger partial charge in [-0.1, -0.05) is 0 Å². The van der Waals surface area contributed by atoms with E-state index in [9.17, 15) is 9.59 Å². The summed E-state index contributed by atoms with van der Waals surface area (Å²) < 4.78 is 6.91. The molecule has 0 saturated carbocycles. The van der Waals surface area contributed by atoms with Crippen LogP contribution in [-0.4, -0.2) is 64.7 Å². The van der Waals surface area contributed by atoms with Crippen LogP contribution in [0.5, 0.6) is 5.75 Å². The Morgan fingerprint density at radius 2 is 1.77 bits per heavy atom. The number of rotatable bonds is 5. The van der Waals surface area contributed by atoms with Gasteiger partial charge in [0.15, 0.2) is 0 Å². The molecule has 2 heterocycles. The number of carbonyl (C=O) groups excluding carboxylic acids is 2. The number of carbonyl (C=O) groups is 2. The predicted molar refractivity (Wildman–Crippen MR) is 97.0 cm³/mol. The van der Waals surface area contributed by atoms with Crippen molar-refractivity contribution in [3.05, 3.63) is 48.3 Å². The number of hydrogen-bond acceptors (Lipinski definition) is 4. The van der Waals surface area contributed by atoms with Crippen LogP contribution in [0.2, 0.25) is 0 Å². The Labute approximate surface area is 153 Å². The molecule has 2 aromatic rings. The zero-order valence-corrected chi connectivity index (χ0v) is 15.2. The summed E-state index contributed by atoms with van der Waals surface area (Å²) in [5, 5.41) is 4.18. The van der Waals surface area contributed by atoms with Crippen LogP contribution in [0.15, 0.2) is 42.7 Å². The molecule has 1 fully saturated rings. The van der Waals surface area contributed by atoms with Gasteiger partial charge in [0.25, 0.3) is 5.91 Å². The summed E-state index contributed by atoms with van der Waals surface area (Å²) in [6.07, 6.45) is 3.99. The Bertz CT molecular complexity index is 735. The van der Waals surface area contributed by atoms with Crippen LogP contribution in [0.4, 0.5) is 0 Å². The van der Waals surface area contributed by atoms with Crippen LogP contribution >= 0.6 is 0 Å². The van der Waals surface area contributed by atoms with E-state index in [0.29, 0.717) is 38.2 Å². The van der Waals surface area contributed by atoms with Crippen molar-refractivity contribution < 1.29 is 14.3 Å². The van der Waals surface area contributed by atoms with E-state index in [-0.39, 0.29) is 17.9 Å². The molecule has 7 heteroatoms. The molecule has 0 aliphatic carbocycles. The van der Waals surface area contributed by atoms with Crippen molar-refractivity contribution in [2.24, 2.45) is 0 Å². The van der Waals surface area contributed by atoms with Gasteiger partial charge in [0.05, 0.1) is 13.2 Å². The number of nitrogens with zero attached hydrogens (tertiary/aromatic N) is 4. The molecule has 26 heavy (non-hydrogen) atoms. The third-order valence-corrected chi connectivity index (χ3v) is 4.70. The number of methoxy groups -OCH3 is 1. The third-order valence-electron chi connectivity index (χ3n) is 4.70. The Hall–Kier alpha value is -2.83. The van der Waals surface area contributed by atoms with Crippen LogP contribution in [0, 0.1) is 0 Å². The van der Waals surface area contributed by atoms with Gasteiger partial charge in [-0.15, -0.1) is 0 Å². The number of ether oxygens (including phenoxy) is 1. The molecule has 1 atom stereocenters. The molecule has 1 aromatic carbocycles. The van der Waals surface area contributed by atoms with Gasteiger partial charge in [-0.3, -0.25) is 14.3 Å².